The van der Waals surface area contributed by atoms with Crippen LogP contribution in [0.15, 0.2) is 155 Å². The van der Waals surface area contributed by atoms with Gasteiger partial charge in [0.1, 0.15) is 24.4 Å². The molecule has 0 spiro atoms. The van der Waals surface area contributed by atoms with Gasteiger partial charge in [-0.25, -0.2) is 0 Å². The van der Waals surface area contributed by atoms with Crippen LogP contribution in [0.25, 0.3) is 0 Å². The third-order valence-corrected chi connectivity index (χ3v) is 7.97. The molecule has 7 heteroatoms. The van der Waals surface area contributed by atoms with E-state index in [4.69, 9.17) is 9.47 Å². The zero-order valence-electron chi connectivity index (χ0n) is 33.6. The molecule has 0 aliphatic carbocycles. The fourth-order valence-electron chi connectivity index (χ4n) is 4.74. The molecule has 5 N–H and O–H groups in total. The Labute approximate surface area is 319 Å². The molecule has 1 saturated heterocycles. The molecule has 0 aromatic rings. The van der Waals surface area contributed by atoms with Crippen molar-refractivity contribution >= 4 is 0 Å². The van der Waals surface area contributed by atoms with E-state index in [2.05, 4.69) is 75.5 Å². The third-order valence-electron chi connectivity index (χ3n) is 7.97. The van der Waals surface area contributed by atoms with E-state index >= 15 is 0 Å². The van der Waals surface area contributed by atoms with Gasteiger partial charge in [0, 0.05) is 0 Å². The van der Waals surface area contributed by atoms with Crippen molar-refractivity contribution < 1.29 is 35.0 Å². The average molecular weight is 731 g/mol. The molecule has 1 rings (SSSR count). The summed E-state index contributed by atoms with van der Waals surface area (Å²) in [5.74, 6) is 0. The Morgan fingerprint density at radius 1 is 0.528 bits per heavy atom. The summed E-state index contributed by atoms with van der Waals surface area (Å²) in [7, 11) is 0. The lowest BCUT2D eigenvalue weighted by atomic mass is 9.98. The molecule has 292 valence electrons. The highest BCUT2D eigenvalue weighted by molar-refractivity contribution is 5.33. The first kappa shape index (κ1) is 47.4. The van der Waals surface area contributed by atoms with Crippen molar-refractivity contribution in [1.82, 2.24) is 0 Å². The molecule has 0 radical (unpaired) electrons. The Hall–Kier alpha value is -3.66. The van der Waals surface area contributed by atoms with Crippen molar-refractivity contribution in [2.24, 2.45) is 0 Å². The van der Waals surface area contributed by atoms with Crippen LogP contribution in [0.3, 0.4) is 0 Å². The minimum absolute atomic E-state index is 0.497. The van der Waals surface area contributed by atoms with Crippen LogP contribution in [0.2, 0.25) is 0 Å². The fraction of sp³-hybridized carbons (Fsp3) is 0.435. The number of hydrogen-bond acceptors (Lipinski definition) is 7. The second-order valence-corrected chi connectivity index (χ2v) is 14.9. The second-order valence-electron chi connectivity index (χ2n) is 14.9. The van der Waals surface area contributed by atoms with Crippen molar-refractivity contribution in [3.8, 4) is 0 Å². The normalized spacial score (nSPS) is 24.3. The van der Waals surface area contributed by atoms with Gasteiger partial charge in [-0.05, 0) is 82.1 Å². The van der Waals surface area contributed by atoms with Crippen molar-refractivity contribution in [2.45, 2.75) is 124 Å². The SMILES string of the molecule is CC(/C=C/C=C(C)/C=C/C=C(C)/C=C/CC(C)(C)O)=C\C=C\C=C(C)\C=C\C=C(C)\C=C\C=C(C)\C=C\CC(C)(C)O[C@@H]1O[C@H](CO)[C@@H](O)[C@H](O)[C@H]1O. The summed E-state index contributed by atoms with van der Waals surface area (Å²) >= 11 is 0. The number of aliphatic hydroxyl groups is 5. The van der Waals surface area contributed by atoms with Gasteiger partial charge in [-0.3, -0.25) is 0 Å². The van der Waals surface area contributed by atoms with Gasteiger partial charge in [-0.15, -0.1) is 0 Å². The Morgan fingerprint density at radius 3 is 1.26 bits per heavy atom. The topological polar surface area (TPSA) is 120 Å². The molecule has 1 heterocycles. The predicted octanol–water partition coefficient (Wildman–Crippen LogP) is 8.70. The summed E-state index contributed by atoms with van der Waals surface area (Å²) in [4.78, 5) is 0. The molecule has 0 unspecified atom stereocenters. The van der Waals surface area contributed by atoms with E-state index in [9.17, 15) is 25.5 Å². The van der Waals surface area contributed by atoms with Crippen LogP contribution in [0.4, 0.5) is 0 Å². The average Bonchev–Trinajstić information content (AvgIpc) is 3.06. The molecule has 0 bridgehead atoms. The molecule has 53 heavy (non-hydrogen) atoms. The highest BCUT2D eigenvalue weighted by Crippen LogP contribution is 2.27. The summed E-state index contributed by atoms with van der Waals surface area (Å²) in [6.45, 7) is 19.1. The van der Waals surface area contributed by atoms with E-state index in [0.717, 1.165) is 33.4 Å². The Morgan fingerprint density at radius 2 is 0.887 bits per heavy atom. The smallest absolute Gasteiger partial charge is 0.187 e. The molecule has 0 aromatic carbocycles. The van der Waals surface area contributed by atoms with Crippen molar-refractivity contribution in [3.05, 3.63) is 155 Å². The molecule has 7 nitrogen and oxygen atoms in total. The zero-order chi connectivity index (χ0) is 40.0. The molecule has 5 atom stereocenters. The van der Waals surface area contributed by atoms with Crippen LogP contribution in [0, 0.1) is 0 Å². The fourth-order valence-corrected chi connectivity index (χ4v) is 4.74. The zero-order valence-corrected chi connectivity index (χ0v) is 33.6. The van der Waals surface area contributed by atoms with Gasteiger partial charge in [0.25, 0.3) is 0 Å². The number of allylic oxidation sites excluding steroid dienone is 24. The molecular formula is C46H66O7. The van der Waals surface area contributed by atoms with Gasteiger partial charge in [0.2, 0.25) is 0 Å². The highest BCUT2D eigenvalue weighted by Gasteiger charge is 2.45. The third kappa shape index (κ3) is 22.2. The van der Waals surface area contributed by atoms with Gasteiger partial charge in [0.05, 0.1) is 17.8 Å². The maximum absolute atomic E-state index is 10.3. The largest absolute Gasteiger partial charge is 0.394 e. The van der Waals surface area contributed by atoms with Gasteiger partial charge in [-0.2, -0.15) is 0 Å². The second kappa shape index (κ2) is 24.6. The monoisotopic (exact) mass is 730 g/mol. The van der Waals surface area contributed by atoms with Gasteiger partial charge in [0.15, 0.2) is 6.29 Å². The molecule has 1 fully saturated rings. The lowest BCUT2D eigenvalue weighted by molar-refractivity contribution is -0.322. The number of rotatable bonds is 19. The minimum atomic E-state index is -1.47. The lowest BCUT2D eigenvalue weighted by Gasteiger charge is -2.42. The maximum Gasteiger partial charge on any atom is 0.187 e. The highest BCUT2D eigenvalue weighted by atomic mass is 16.7. The molecule has 1 aliphatic heterocycles. The van der Waals surface area contributed by atoms with E-state index in [0.29, 0.717) is 12.8 Å². The Bertz CT molecular complexity index is 1520. The quantitative estimate of drug-likeness (QED) is 0.0844. The van der Waals surface area contributed by atoms with Crippen LogP contribution in [0.5, 0.6) is 0 Å². The summed E-state index contributed by atoms with van der Waals surface area (Å²) in [5, 5.41) is 49.4. The molecular weight excluding hydrogens is 664 g/mol. The first-order valence-corrected chi connectivity index (χ1v) is 18.3. The standard InChI is InChI=1S/C46H66O7/c1-34(21-13-23-36(3)25-15-27-38(5)29-17-31-45(7,8)51)19-11-12-20-35(2)22-14-24-37(4)26-16-28-39(6)30-18-32-46(9,10)53-44-43(50)42(49)41(48)40(33-47)52-44/h11-30,40-44,47-51H,31-33H2,1-10H3/b12-11+,21-13+,22-14+,25-15+,26-16+,29-17+,30-18+,34-19+,35-20+,36-23+,37-24+,38-27+,39-28+/t40-,41-,42+,43-,44+/m1/s1. The first-order chi connectivity index (χ1) is 24.8. The van der Waals surface area contributed by atoms with Gasteiger partial charge < -0.3 is 35.0 Å². The van der Waals surface area contributed by atoms with E-state index in [1.165, 1.54) is 0 Å². The van der Waals surface area contributed by atoms with Crippen LogP contribution >= 0.6 is 0 Å². The lowest BCUT2D eigenvalue weighted by Crippen LogP contribution is -2.60. The molecule has 1 aliphatic rings. The van der Waals surface area contributed by atoms with E-state index in [1.807, 2.05) is 101 Å². The predicted molar refractivity (Wildman–Crippen MR) is 221 cm³/mol. The molecule has 0 aromatic heterocycles. The Kier molecular flexibility index (Phi) is 22.0. The van der Waals surface area contributed by atoms with Crippen LogP contribution in [-0.4, -0.2) is 74.0 Å². The van der Waals surface area contributed by atoms with Crippen molar-refractivity contribution in [2.75, 3.05) is 6.61 Å². The van der Waals surface area contributed by atoms with Crippen LogP contribution in [-0.2, 0) is 9.47 Å². The van der Waals surface area contributed by atoms with E-state index < -0.39 is 48.5 Å². The minimum Gasteiger partial charge on any atom is -0.394 e. The van der Waals surface area contributed by atoms with Crippen LogP contribution in [0.1, 0.15) is 82.1 Å². The molecule has 0 saturated carbocycles. The summed E-state index contributed by atoms with van der Waals surface area (Å²) in [5.41, 5.74) is 5.32. The number of ether oxygens (including phenoxy) is 2. The van der Waals surface area contributed by atoms with Gasteiger partial charge >= 0.3 is 0 Å². The Balaban J connectivity index is 2.57. The van der Waals surface area contributed by atoms with Crippen LogP contribution < -0.4 is 0 Å². The first-order valence-electron chi connectivity index (χ1n) is 18.3. The maximum atomic E-state index is 10.3. The number of hydrogen-bond donors (Lipinski definition) is 5. The summed E-state index contributed by atoms with van der Waals surface area (Å²) in [6, 6.07) is 0. The molecule has 0 amide bonds. The summed E-state index contributed by atoms with van der Waals surface area (Å²) < 4.78 is 11.4. The van der Waals surface area contributed by atoms with Crippen molar-refractivity contribution in [1.29, 1.82) is 0 Å². The van der Waals surface area contributed by atoms with E-state index in [1.54, 1.807) is 13.8 Å². The number of aliphatic hydroxyl groups excluding tert-OH is 4. The van der Waals surface area contributed by atoms with Crippen molar-refractivity contribution in [3.63, 3.8) is 0 Å². The van der Waals surface area contributed by atoms with E-state index in [-0.39, 0.29) is 0 Å². The van der Waals surface area contributed by atoms with Gasteiger partial charge in [-0.1, -0.05) is 155 Å². The summed E-state index contributed by atoms with van der Waals surface area (Å²) in [6.07, 6.45) is 35.4.